The van der Waals surface area contributed by atoms with Crippen LogP contribution in [0.2, 0.25) is 0 Å². The smallest absolute Gasteiger partial charge is 0.148 e. The zero-order valence-electron chi connectivity index (χ0n) is 7.32. The zero-order valence-corrected chi connectivity index (χ0v) is 8.95. The Bertz CT molecular complexity index is 246. The van der Waals surface area contributed by atoms with Gasteiger partial charge in [0.2, 0.25) is 0 Å². The fourth-order valence-electron chi connectivity index (χ4n) is 0.621. The molecular formula is C6H15NO3S2. The first-order valence-corrected chi connectivity index (χ1v) is 7.14. The van der Waals surface area contributed by atoms with Gasteiger partial charge in [-0.15, -0.1) is 0 Å². The third-order valence-corrected chi connectivity index (χ3v) is 3.89. The molecule has 12 heavy (non-hydrogen) atoms. The predicted molar refractivity (Wildman–Crippen MR) is 51.2 cm³/mol. The van der Waals surface area contributed by atoms with Crippen molar-refractivity contribution < 1.29 is 12.6 Å². The van der Waals surface area contributed by atoms with Crippen molar-refractivity contribution >= 4 is 20.6 Å². The van der Waals surface area contributed by atoms with Crippen LogP contribution in [0.4, 0.5) is 0 Å². The summed E-state index contributed by atoms with van der Waals surface area (Å²) >= 11 is 0. The van der Waals surface area contributed by atoms with Crippen LogP contribution in [0.15, 0.2) is 0 Å². The summed E-state index contributed by atoms with van der Waals surface area (Å²) in [5.74, 6) is 0.544. The van der Waals surface area contributed by atoms with Crippen LogP contribution < -0.4 is 5.73 Å². The Morgan fingerprint density at radius 1 is 1.50 bits per heavy atom. The lowest BCUT2D eigenvalue weighted by Gasteiger charge is -2.03. The summed E-state index contributed by atoms with van der Waals surface area (Å²) in [5.41, 5.74) is 5.39. The molecule has 2 N–H and O–H groups in total. The minimum Gasteiger partial charge on any atom is -0.327 e. The lowest BCUT2D eigenvalue weighted by atomic mass is 10.4. The van der Waals surface area contributed by atoms with Crippen molar-refractivity contribution in [3.8, 4) is 0 Å². The summed E-state index contributed by atoms with van der Waals surface area (Å²) in [6.07, 6.45) is 1.13. The van der Waals surface area contributed by atoms with Crippen LogP contribution in [0.5, 0.6) is 0 Å². The van der Waals surface area contributed by atoms with E-state index in [1.165, 1.54) is 0 Å². The van der Waals surface area contributed by atoms with Crippen molar-refractivity contribution in [1.82, 2.24) is 0 Å². The highest BCUT2D eigenvalue weighted by Crippen LogP contribution is 1.90. The molecule has 0 aromatic heterocycles. The van der Waals surface area contributed by atoms with Crippen molar-refractivity contribution in [1.29, 1.82) is 0 Å². The molecule has 0 aliphatic heterocycles. The molecule has 0 spiro atoms. The first kappa shape index (κ1) is 12.1. The number of sulfone groups is 1. The van der Waals surface area contributed by atoms with Gasteiger partial charge in [0.15, 0.2) is 0 Å². The molecule has 0 saturated carbocycles. The van der Waals surface area contributed by atoms with Gasteiger partial charge >= 0.3 is 0 Å². The average molecular weight is 213 g/mol. The largest absolute Gasteiger partial charge is 0.327 e. The van der Waals surface area contributed by atoms with Gasteiger partial charge in [-0.3, -0.25) is 4.21 Å². The van der Waals surface area contributed by atoms with Crippen LogP contribution in [-0.2, 0) is 20.6 Å². The Morgan fingerprint density at radius 3 is 2.33 bits per heavy atom. The fraction of sp³-hybridized carbons (Fsp3) is 1.00. The molecule has 0 aromatic rings. The molecular weight excluding hydrogens is 198 g/mol. The van der Waals surface area contributed by atoms with Crippen LogP contribution in [-0.4, -0.2) is 42.2 Å². The Morgan fingerprint density at radius 2 is 2.00 bits per heavy atom. The number of hydrogen-bond donors (Lipinski definition) is 1. The van der Waals surface area contributed by atoms with Gasteiger partial charge in [0, 0.05) is 34.6 Å². The standard InChI is InChI=1S/C6H15NO3S2/c1-6(7)5-11(8)3-4-12(2,9)10/h6H,3-5,7H2,1-2H3. The normalized spacial score (nSPS) is 17.2. The number of hydrogen-bond acceptors (Lipinski definition) is 4. The molecule has 0 bridgehead atoms. The van der Waals surface area contributed by atoms with Crippen LogP contribution in [0.1, 0.15) is 6.92 Å². The molecule has 0 aromatic carbocycles. The minimum atomic E-state index is -2.99. The third-order valence-electron chi connectivity index (χ3n) is 1.13. The van der Waals surface area contributed by atoms with Gasteiger partial charge in [-0.05, 0) is 6.92 Å². The third kappa shape index (κ3) is 8.16. The lowest BCUT2D eigenvalue weighted by Crippen LogP contribution is -2.25. The van der Waals surface area contributed by atoms with Crippen molar-refractivity contribution in [2.75, 3.05) is 23.5 Å². The van der Waals surface area contributed by atoms with Gasteiger partial charge in [-0.2, -0.15) is 0 Å². The Labute approximate surface area is 75.9 Å². The summed E-state index contributed by atoms with van der Waals surface area (Å²) in [6, 6.07) is -0.134. The second-order valence-electron chi connectivity index (χ2n) is 2.92. The van der Waals surface area contributed by atoms with E-state index in [4.69, 9.17) is 5.73 Å². The van der Waals surface area contributed by atoms with E-state index in [0.29, 0.717) is 5.75 Å². The molecule has 0 aliphatic carbocycles. The maximum atomic E-state index is 11.1. The molecule has 0 fully saturated rings. The van der Waals surface area contributed by atoms with Gasteiger partial charge < -0.3 is 5.73 Å². The van der Waals surface area contributed by atoms with Crippen LogP contribution >= 0.6 is 0 Å². The zero-order chi connectivity index (χ0) is 9.78. The summed E-state index contributed by atoms with van der Waals surface area (Å²) < 4.78 is 32.4. The minimum absolute atomic E-state index is 0.0215. The predicted octanol–water partition coefficient (Wildman–Crippen LogP) is -0.873. The number of nitrogens with two attached hydrogens (primary N) is 1. The molecule has 0 heterocycles. The number of rotatable bonds is 5. The van der Waals surface area contributed by atoms with Crippen LogP contribution in [0.25, 0.3) is 0 Å². The maximum Gasteiger partial charge on any atom is 0.148 e. The molecule has 6 heteroatoms. The van der Waals surface area contributed by atoms with Crippen LogP contribution in [0, 0.1) is 0 Å². The van der Waals surface area contributed by atoms with Gasteiger partial charge in [0.25, 0.3) is 0 Å². The molecule has 0 amide bonds. The molecule has 0 saturated heterocycles. The Balaban J connectivity index is 3.73. The van der Waals surface area contributed by atoms with E-state index in [-0.39, 0.29) is 17.5 Å². The van der Waals surface area contributed by atoms with Gasteiger partial charge in [0.1, 0.15) is 9.84 Å². The molecule has 0 radical (unpaired) electrons. The summed E-state index contributed by atoms with van der Waals surface area (Å²) in [6.45, 7) is 1.75. The first-order valence-electron chi connectivity index (χ1n) is 3.59. The first-order chi connectivity index (χ1) is 5.31. The topological polar surface area (TPSA) is 77.2 Å². The van der Waals surface area contributed by atoms with Gasteiger partial charge in [-0.25, -0.2) is 8.42 Å². The van der Waals surface area contributed by atoms with Crippen molar-refractivity contribution in [3.05, 3.63) is 0 Å². The van der Waals surface area contributed by atoms with E-state index in [1.54, 1.807) is 6.92 Å². The fourth-order valence-corrected chi connectivity index (χ4v) is 3.33. The second-order valence-corrected chi connectivity index (χ2v) is 6.80. The van der Waals surface area contributed by atoms with Gasteiger partial charge in [-0.1, -0.05) is 0 Å². The molecule has 0 rings (SSSR count). The molecule has 74 valence electrons. The Kier molecular flexibility index (Phi) is 4.96. The second kappa shape index (κ2) is 4.94. The highest BCUT2D eigenvalue weighted by molar-refractivity contribution is 7.92. The van der Waals surface area contributed by atoms with Crippen molar-refractivity contribution in [3.63, 3.8) is 0 Å². The van der Waals surface area contributed by atoms with Crippen LogP contribution in [0.3, 0.4) is 0 Å². The Hall–Kier alpha value is 0.0600. The molecule has 0 aliphatic rings. The average Bonchev–Trinajstić information content (AvgIpc) is 1.80. The SMILES string of the molecule is CC(N)CS(=O)CCS(C)(=O)=O. The van der Waals surface area contributed by atoms with Gasteiger partial charge in [0.05, 0.1) is 5.75 Å². The van der Waals surface area contributed by atoms with Crippen molar-refractivity contribution in [2.24, 2.45) is 5.73 Å². The van der Waals surface area contributed by atoms with E-state index in [2.05, 4.69) is 0 Å². The maximum absolute atomic E-state index is 11.1. The van der Waals surface area contributed by atoms with E-state index in [1.807, 2.05) is 0 Å². The summed E-state index contributed by atoms with van der Waals surface area (Å²) in [4.78, 5) is 0. The molecule has 2 unspecified atom stereocenters. The monoisotopic (exact) mass is 213 g/mol. The van der Waals surface area contributed by atoms with E-state index >= 15 is 0 Å². The summed E-state index contributed by atoms with van der Waals surface area (Å²) in [5, 5.41) is 0. The highest BCUT2D eigenvalue weighted by Gasteiger charge is 2.07. The molecule has 2 atom stereocenters. The van der Waals surface area contributed by atoms with E-state index in [0.717, 1.165) is 6.26 Å². The quantitative estimate of drug-likeness (QED) is 0.644. The van der Waals surface area contributed by atoms with Crippen molar-refractivity contribution in [2.45, 2.75) is 13.0 Å². The summed E-state index contributed by atoms with van der Waals surface area (Å²) in [7, 11) is -4.09. The molecule has 4 nitrogen and oxygen atoms in total. The highest BCUT2D eigenvalue weighted by atomic mass is 32.2. The lowest BCUT2D eigenvalue weighted by molar-refractivity contribution is 0.602. The van der Waals surface area contributed by atoms with E-state index in [9.17, 15) is 12.6 Å². The van der Waals surface area contributed by atoms with E-state index < -0.39 is 20.6 Å².